The predicted octanol–water partition coefficient (Wildman–Crippen LogP) is 4.22. The Labute approximate surface area is 138 Å². The van der Waals surface area contributed by atoms with Crippen LogP contribution in [0.3, 0.4) is 0 Å². The molecule has 0 saturated heterocycles. The molecule has 4 aliphatic rings. The normalized spacial score (nSPS) is 52.0. The van der Waals surface area contributed by atoms with Gasteiger partial charge in [0.2, 0.25) is 0 Å². The molecule has 2 bridgehead atoms. The summed E-state index contributed by atoms with van der Waals surface area (Å²) in [7, 11) is 0. The lowest BCUT2D eigenvalue weighted by Gasteiger charge is -2.62. The van der Waals surface area contributed by atoms with E-state index < -0.39 is 11.4 Å². The molecule has 4 fully saturated rings. The number of ketones is 1. The Kier molecular flexibility index (Phi) is 3.01. The Morgan fingerprint density at radius 2 is 1.87 bits per heavy atom. The van der Waals surface area contributed by atoms with E-state index in [-0.39, 0.29) is 16.7 Å². The summed E-state index contributed by atoms with van der Waals surface area (Å²) in [5.74, 6) is 0.645. The van der Waals surface area contributed by atoms with Crippen molar-refractivity contribution in [2.75, 3.05) is 0 Å². The summed E-state index contributed by atoms with van der Waals surface area (Å²) in [6.45, 7) is 8.36. The van der Waals surface area contributed by atoms with Crippen LogP contribution in [0.25, 0.3) is 0 Å². The highest BCUT2D eigenvalue weighted by molar-refractivity contribution is 6.03. The third-order valence-electron chi connectivity index (χ3n) is 8.46. The summed E-state index contributed by atoms with van der Waals surface area (Å²) in [5, 5.41) is 9.89. The Balaban J connectivity index is 1.79. The third kappa shape index (κ3) is 1.66. The Bertz CT molecular complexity index is 608. The first-order valence-electron chi connectivity index (χ1n) is 9.23. The van der Waals surface area contributed by atoms with Gasteiger partial charge >= 0.3 is 5.97 Å². The zero-order valence-corrected chi connectivity index (χ0v) is 14.4. The fourth-order valence-corrected chi connectivity index (χ4v) is 7.37. The van der Waals surface area contributed by atoms with E-state index in [2.05, 4.69) is 13.5 Å². The van der Waals surface area contributed by atoms with Gasteiger partial charge in [-0.05, 0) is 80.6 Å². The van der Waals surface area contributed by atoms with Crippen molar-refractivity contribution in [1.29, 1.82) is 0 Å². The minimum absolute atomic E-state index is 0.00507. The Hall–Kier alpha value is -1.12. The second kappa shape index (κ2) is 4.49. The summed E-state index contributed by atoms with van der Waals surface area (Å²) in [6.07, 6.45) is 7.75. The van der Waals surface area contributed by atoms with Crippen molar-refractivity contribution in [3.8, 4) is 0 Å². The SMILES string of the molecule is C=C1C(=O)[C@@]23CC[C@H]4[C@@](C)(CCC[C@]4(C)C(=O)O)[C@@H]2CC[C@@H]1C3. The van der Waals surface area contributed by atoms with Crippen LogP contribution in [-0.4, -0.2) is 16.9 Å². The second-order valence-corrected chi connectivity index (χ2v) is 9.21. The molecule has 0 aromatic heterocycles. The number of carboxylic acids is 1. The third-order valence-corrected chi connectivity index (χ3v) is 8.46. The maximum Gasteiger partial charge on any atom is 0.309 e. The second-order valence-electron chi connectivity index (χ2n) is 9.21. The van der Waals surface area contributed by atoms with Gasteiger partial charge in [-0.15, -0.1) is 0 Å². The Morgan fingerprint density at radius 3 is 2.57 bits per heavy atom. The van der Waals surface area contributed by atoms with Gasteiger partial charge < -0.3 is 5.11 Å². The van der Waals surface area contributed by atoms with Crippen LogP contribution in [0.1, 0.15) is 65.2 Å². The van der Waals surface area contributed by atoms with E-state index in [1.54, 1.807) is 0 Å². The van der Waals surface area contributed by atoms with Crippen LogP contribution in [0.2, 0.25) is 0 Å². The van der Waals surface area contributed by atoms with E-state index in [4.69, 9.17) is 0 Å². The first-order chi connectivity index (χ1) is 10.8. The van der Waals surface area contributed by atoms with Gasteiger partial charge in [-0.3, -0.25) is 9.59 Å². The highest BCUT2D eigenvalue weighted by Gasteiger charge is 2.67. The molecule has 3 nitrogen and oxygen atoms in total. The van der Waals surface area contributed by atoms with Crippen LogP contribution in [0.15, 0.2) is 12.2 Å². The van der Waals surface area contributed by atoms with E-state index in [9.17, 15) is 14.7 Å². The lowest BCUT2D eigenvalue weighted by molar-refractivity contribution is -0.182. The van der Waals surface area contributed by atoms with Crippen LogP contribution in [-0.2, 0) is 9.59 Å². The first-order valence-corrected chi connectivity index (χ1v) is 9.23. The van der Waals surface area contributed by atoms with E-state index in [1.807, 2.05) is 6.92 Å². The molecule has 0 aliphatic heterocycles. The number of hydrogen-bond acceptors (Lipinski definition) is 2. The van der Waals surface area contributed by atoms with Crippen molar-refractivity contribution in [2.45, 2.75) is 65.2 Å². The van der Waals surface area contributed by atoms with Crippen LogP contribution < -0.4 is 0 Å². The van der Waals surface area contributed by atoms with Gasteiger partial charge in [-0.1, -0.05) is 19.9 Å². The smallest absolute Gasteiger partial charge is 0.309 e. The number of hydrogen-bond donors (Lipinski definition) is 1. The summed E-state index contributed by atoms with van der Waals surface area (Å²) >= 11 is 0. The van der Waals surface area contributed by atoms with E-state index in [1.165, 1.54) is 0 Å². The lowest BCUT2D eigenvalue weighted by Crippen LogP contribution is -2.59. The minimum atomic E-state index is -0.639. The summed E-state index contributed by atoms with van der Waals surface area (Å²) in [5.41, 5.74) is 0.0347. The molecule has 0 unspecified atom stereocenters. The van der Waals surface area contributed by atoms with E-state index in [0.29, 0.717) is 17.6 Å². The van der Waals surface area contributed by atoms with Crippen LogP contribution in [0.4, 0.5) is 0 Å². The number of rotatable bonds is 1. The first kappa shape index (κ1) is 15.4. The van der Waals surface area contributed by atoms with Gasteiger partial charge in [0, 0.05) is 5.41 Å². The summed E-state index contributed by atoms with van der Waals surface area (Å²) < 4.78 is 0. The molecule has 0 amide bonds. The monoisotopic (exact) mass is 316 g/mol. The average molecular weight is 316 g/mol. The molecule has 4 saturated carbocycles. The number of aliphatic carboxylic acids is 1. The number of Topliss-reactive ketones (excluding diaryl/α,β-unsaturated/α-hetero) is 1. The number of fused-ring (bicyclic) bond motifs is 3. The highest BCUT2D eigenvalue weighted by atomic mass is 16.4. The molecule has 1 N–H and O–H groups in total. The molecule has 0 aromatic carbocycles. The number of carbonyl (C=O) groups is 2. The van der Waals surface area contributed by atoms with Crippen molar-refractivity contribution in [3.63, 3.8) is 0 Å². The van der Waals surface area contributed by atoms with Crippen molar-refractivity contribution >= 4 is 11.8 Å². The van der Waals surface area contributed by atoms with E-state index >= 15 is 0 Å². The topological polar surface area (TPSA) is 54.4 Å². The standard InChI is InChI=1S/C20H28O3/c1-12-13-5-6-15-18(2)8-4-9-19(3,17(22)23)14(18)7-10-20(15,11-13)16(12)21/h13-15H,1,4-11H2,2-3H3,(H,22,23)/t13-,14+,15+,18-,19+,20-/m1/s1. The molecule has 3 heteroatoms. The van der Waals surface area contributed by atoms with Crippen LogP contribution in [0, 0.1) is 34.0 Å². The molecule has 23 heavy (non-hydrogen) atoms. The molecular weight excluding hydrogens is 288 g/mol. The van der Waals surface area contributed by atoms with Crippen LogP contribution in [0.5, 0.6) is 0 Å². The largest absolute Gasteiger partial charge is 0.481 e. The fraction of sp³-hybridized carbons (Fsp3) is 0.800. The molecule has 6 atom stereocenters. The molecule has 4 aliphatic carbocycles. The average Bonchev–Trinajstić information content (AvgIpc) is 2.68. The minimum Gasteiger partial charge on any atom is -0.481 e. The van der Waals surface area contributed by atoms with Gasteiger partial charge in [0.1, 0.15) is 0 Å². The maximum atomic E-state index is 13.0. The van der Waals surface area contributed by atoms with Crippen LogP contribution >= 0.6 is 0 Å². The number of carboxylic acid groups (broad SMARTS) is 1. The predicted molar refractivity (Wildman–Crippen MR) is 87.8 cm³/mol. The van der Waals surface area contributed by atoms with Gasteiger partial charge in [0.15, 0.2) is 5.78 Å². The van der Waals surface area contributed by atoms with E-state index in [0.717, 1.165) is 56.9 Å². The highest BCUT2D eigenvalue weighted by Crippen LogP contribution is 2.71. The number of allylic oxidation sites excluding steroid dienone is 1. The molecule has 0 radical (unpaired) electrons. The Morgan fingerprint density at radius 1 is 1.13 bits per heavy atom. The van der Waals surface area contributed by atoms with Gasteiger partial charge in [-0.25, -0.2) is 0 Å². The fourth-order valence-electron chi connectivity index (χ4n) is 7.37. The molecule has 0 heterocycles. The molecule has 1 spiro atoms. The zero-order valence-electron chi connectivity index (χ0n) is 14.4. The lowest BCUT2D eigenvalue weighted by atomic mass is 9.41. The van der Waals surface area contributed by atoms with Gasteiger partial charge in [-0.2, -0.15) is 0 Å². The molecule has 4 rings (SSSR count). The number of carbonyl (C=O) groups excluding carboxylic acids is 1. The summed E-state index contributed by atoms with van der Waals surface area (Å²) in [4.78, 5) is 25.1. The maximum absolute atomic E-state index is 13.0. The van der Waals surface area contributed by atoms with Gasteiger partial charge in [0.05, 0.1) is 5.41 Å². The quantitative estimate of drug-likeness (QED) is 0.737. The molecule has 126 valence electrons. The molecule has 0 aromatic rings. The van der Waals surface area contributed by atoms with Gasteiger partial charge in [0.25, 0.3) is 0 Å². The van der Waals surface area contributed by atoms with Crippen molar-refractivity contribution in [1.82, 2.24) is 0 Å². The zero-order chi connectivity index (χ0) is 16.6. The molecular formula is C20H28O3. The van der Waals surface area contributed by atoms with Crippen molar-refractivity contribution in [3.05, 3.63) is 12.2 Å². The van der Waals surface area contributed by atoms with Crippen molar-refractivity contribution < 1.29 is 14.7 Å². The van der Waals surface area contributed by atoms with Crippen molar-refractivity contribution in [2.24, 2.45) is 34.0 Å². The summed E-state index contributed by atoms with van der Waals surface area (Å²) in [6, 6.07) is 0.